The Balaban J connectivity index is 2.51. The van der Waals surface area contributed by atoms with Gasteiger partial charge >= 0.3 is 19.5 Å². The van der Waals surface area contributed by atoms with Crippen LogP contribution in [0.15, 0.2) is 18.7 Å². The molecule has 10 heteroatoms. The zero-order valence-corrected chi connectivity index (χ0v) is 12.7. The normalized spacial score (nSPS) is 14.5. The van der Waals surface area contributed by atoms with Crippen molar-refractivity contribution in [3.8, 4) is 0 Å². The van der Waals surface area contributed by atoms with Gasteiger partial charge in [0, 0.05) is 18.9 Å². The largest absolute Gasteiger partial charge is 0.481 e. The average molecular weight is 334 g/mol. The van der Waals surface area contributed by atoms with Crippen LogP contribution in [0.1, 0.15) is 25.7 Å². The van der Waals surface area contributed by atoms with Crippen molar-refractivity contribution in [2.75, 3.05) is 0 Å². The maximum atomic E-state index is 11.2. The third-order valence-electron chi connectivity index (χ3n) is 3.30. The Morgan fingerprint density at radius 2 is 1.82 bits per heavy atom. The van der Waals surface area contributed by atoms with Crippen LogP contribution in [-0.4, -0.2) is 47.1 Å². The van der Waals surface area contributed by atoms with E-state index in [-0.39, 0.29) is 6.42 Å². The minimum absolute atomic E-state index is 0.0959. The molecule has 1 aromatic heterocycles. The lowest BCUT2D eigenvalue weighted by Gasteiger charge is -2.21. The highest BCUT2D eigenvalue weighted by Crippen LogP contribution is 2.46. The molecule has 1 heterocycles. The molecule has 4 N–H and O–H groups in total. The van der Waals surface area contributed by atoms with Crippen LogP contribution in [0.5, 0.6) is 0 Å². The van der Waals surface area contributed by atoms with Crippen molar-refractivity contribution >= 4 is 19.5 Å². The number of aromatic nitrogens is 2. The van der Waals surface area contributed by atoms with E-state index in [9.17, 15) is 14.2 Å². The summed E-state index contributed by atoms with van der Waals surface area (Å²) in [7, 11) is -5.03. The predicted molar refractivity (Wildman–Crippen MR) is 75.3 cm³/mol. The van der Waals surface area contributed by atoms with E-state index in [0.717, 1.165) is 6.42 Å². The first-order valence-electron chi connectivity index (χ1n) is 6.70. The number of nitrogens with zero attached hydrogens (tertiary/aromatic N) is 2. The van der Waals surface area contributed by atoms with Crippen LogP contribution >= 0.6 is 7.60 Å². The van der Waals surface area contributed by atoms with Crippen molar-refractivity contribution in [1.29, 1.82) is 0 Å². The van der Waals surface area contributed by atoms with Crippen LogP contribution in [-0.2, 0) is 20.7 Å². The number of unbranched alkanes of at least 4 members (excludes halogenated alkanes) is 2. The van der Waals surface area contributed by atoms with Crippen LogP contribution < -0.4 is 0 Å². The van der Waals surface area contributed by atoms with Crippen LogP contribution in [0.25, 0.3) is 0 Å². The summed E-state index contributed by atoms with van der Waals surface area (Å²) in [6.07, 6.45) is 6.70. The summed E-state index contributed by atoms with van der Waals surface area (Å²) in [6.45, 7) is 0.693. The summed E-state index contributed by atoms with van der Waals surface area (Å²) < 4.78 is 13.1. The van der Waals surface area contributed by atoms with Gasteiger partial charge in [-0.2, -0.15) is 0 Å². The number of aliphatic carboxylic acids is 2. The van der Waals surface area contributed by atoms with Gasteiger partial charge in [-0.25, -0.2) is 4.98 Å². The van der Waals surface area contributed by atoms with Gasteiger partial charge in [-0.05, 0) is 12.8 Å². The molecule has 0 amide bonds. The zero-order valence-electron chi connectivity index (χ0n) is 11.8. The second-order valence-corrected chi connectivity index (χ2v) is 6.70. The first-order chi connectivity index (χ1) is 10.2. The molecule has 1 rings (SSSR count). The number of aryl methyl sites for hydroxylation is 1. The van der Waals surface area contributed by atoms with E-state index >= 15 is 0 Å². The highest BCUT2D eigenvalue weighted by atomic mass is 31.2. The first kappa shape index (κ1) is 18.3. The molecule has 9 nitrogen and oxygen atoms in total. The van der Waals surface area contributed by atoms with Gasteiger partial charge in [-0.1, -0.05) is 12.8 Å². The third kappa shape index (κ3) is 5.59. The van der Waals surface area contributed by atoms with Gasteiger partial charge in [0.05, 0.1) is 12.2 Å². The van der Waals surface area contributed by atoms with Crippen molar-refractivity contribution < 1.29 is 34.2 Å². The maximum Gasteiger partial charge on any atom is 0.340 e. The fourth-order valence-corrected chi connectivity index (χ4v) is 3.25. The lowest BCUT2D eigenvalue weighted by Crippen LogP contribution is -2.35. The fourth-order valence-electron chi connectivity index (χ4n) is 2.22. The van der Waals surface area contributed by atoms with Gasteiger partial charge in [-0.3, -0.25) is 14.2 Å². The molecule has 0 aromatic carbocycles. The number of carboxylic acid groups (broad SMARTS) is 2. The molecular weight excluding hydrogens is 315 g/mol. The van der Waals surface area contributed by atoms with Crippen LogP contribution in [0.2, 0.25) is 0 Å². The molecule has 0 saturated heterocycles. The Kier molecular flexibility index (Phi) is 6.73. The van der Waals surface area contributed by atoms with Crippen molar-refractivity contribution in [3.63, 3.8) is 0 Å². The lowest BCUT2D eigenvalue weighted by atomic mass is 9.97. The molecule has 0 aliphatic carbocycles. The number of rotatable bonds is 10. The molecular formula is C12H19N2O7P. The molecule has 0 saturated carbocycles. The Labute approximate surface area is 126 Å². The quantitative estimate of drug-likeness (QED) is 0.362. The standard InChI is InChI=1S/C12H19N2O7P/c15-11(16)9(10(12(17)18)22(19,20)21)4-2-1-3-6-14-7-5-13-8-14/h5,7-10H,1-4,6H2,(H,15,16)(H,17,18)(H2,19,20,21). The van der Waals surface area contributed by atoms with E-state index in [4.69, 9.17) is 20.0 Å². The topological polar surface area (TPSA) is 150 Å². The molecule has 0 fully saturated rings. The number of carboxylic acids is 2. The minimum atomic E-state index is -5.03. The minimum Gasteiger partial charge on any atom is -0.481 e. The summed E-state index contributed by atoms with van der Waals surface area (Å²) >= 11 is 0. The number of hydrogen-bond acceptors (Lipinski definition) is 4. The van der Waals surface area contributed by atoms with E-state index in [1.165, 1.54) is 0 Å². The Morgan fingerprint density at radius 3 is 2.27 bits per heavy atom. The van der Waals surface area contributed by atoms with E-state index in [1.807, 2.05) is 4.57 Å². The fraction of sp³-hybridized carbons (Fsp3) is 0.583. The maximum absolute atomic E-state index is 11.2. The molecule has 0 aliphatic heterocycles. The average Bonchev–Trinajstić information content (AvgIpc) is 2.87. The Hall–Kier alpha value is -1.70. The van der Waals surface area contributed by atoms with Gasteiger partial charge in [0.1, 0.15) is 0 Å². The molecule has 0 bridgehead atoms. The van der Waals surface area contributed by atoms with Crippen LogP contribution in [0.3, 0.4) is 0 Å². The van der Waals surface area contributed by atoms with Crippen molar-refractivity contribution in [3.05, 3.63) is 18.7 Å². The summed E-state index contributed by atoms with van der Waals surface area (Å²) in [6, 6.07) is 0. The summed E-state index contributed by atoms with van der Waals surface area (Å²) in [5, 5.41) is 17.9. The number of hydrogen-bond donors (Lipinski definition) is 4. The van der Waals surface area contributed by atoms with Crippen molar-refractivity contribution in [1.82, 2.24) is 9.55 Å². The summed E-state index contributed by atoms with van der Waals surface area (Å²) in [4.78, 5) is 44.1. The molecule has 124 valence electrons. The number of imidazole rings is 1. The van der Waals surface area contributed by atoms with Gasteiger partial charge in [0.2, 0.25) is 0 Å². The van der Waals surface area contributed by atoms with Crippen LogP contribution in [0, 0.1) is 5.92 Å². The van der Waals surface area contributed by atoms with Gasteiger partial charge in [0.15, 0.2) is 5.66 Å². The third-order valence-corrected chi connectivity index (χ3v) is 4.61. The predicted octanol–water partition coefficient (Wildman–Crippen LogP) is 0.775. The highest BCUT2D eigenvalue weighted by molar-refractivity contribution is 7.53. The lowest BCUT2D eigenvalue weighted by molar-refractivity contribution is -0.148. The van der Waals surface area contributed by atoms with Gasteiger partial charge < -0.3 is 24.6 Å². The van der Waals surface area contributed by atoms with Crippen LogP contribution in [0.4, 0.5) is 0 Å². The highest BCUT2D eigenvalue weighted by Gasteiger charge is 2.45. The molecule has 22 heavy (non-hydrogen) atoms. The van der Waals surface area contributed by atoms with E-state index in [0.29, 0.717) is 19.4 Å². The van der Waals surface area contributed by atoms with E-state index in [2.05, 4.69) is 4.98 Å². The molecule has 1 aromatic rings. The van der Waals surface area contributed by atoms with Gasteiger partial charge in [0.25, 0.3) is 0 Å². The summed E-state index contributed by atoms with van der Waals surface area (Å²) in [5.41, 5.74) is -2.21. The van der Waals surface area contributed by atoms with Crippen molar-refractivity contribution in [2.24, 2.45) is 5.92 Å². The van der Waals surface area contributed by atoms with E-state index in [1.54, 1.807) is 18.7 Å². The Morgan fingerprint density at radius 1 is 1.14 bits per heavy atom. The Bertz CT molecular complexity index is 540. The second-order valence-electron chi connectivity index (χ2n) is 4.97. The van der Waals surface area contributed by atoms with Gasteiger partial charge in [-0.15, -0.1) is 0 Å². The number of carbonyl (C=O) groups is 2. The van der Waals surface area contributed by atoms with E-state index < -0.39 is 31.1 Å². The molecule has 0 spiro atoms. The zero-order chi connectivity index (χ0) is 16.8. The summed E-state index contributed by atoms with van der Waals surface area (Å²) in [5.74, 6) is -4.91. The molecule has 2 atom stereocenters. The second kappa shape index (κ2) is 8.07. The first-order valence-corrected chi connectivity index (χ1v) is 8.38. The molecule has 0 aliphatic rings. The van der Waals surface area contributed by atoms with Crippen molar-refractivity contribution in [2.45, 2.75) is 37.9 Å². The SMILES string of the molecule is O=C(O)C(CCCCCn1ccnc1)C(C(=O)O)P(=O)(O)O. The molecule has 0 radical (unpaired) electrons. The molecule has 2 unspecified atom stereocenters. The smallest absolute Gasteiger partial charge is 0.340 e. The monoisotopic (exact) mass is 334 g/mol.